The van der Waals surface area contributed by atoms with Crippen molar-refractivity contribution in [2.75, 3.05) is 13.7 Å². The molecule has 1 aromatic heterocycles. The molecule has 0 bridgehead atoms. The predicted octanol–water partition coefficient (Wildman–Crippen LogP) is 2.26. The van der Waals surface area contributed by atoms with Crippen LogP contribution in [0.2, 0.25) is 5.02 Å². The van der Waals surface area contributed by atoms with Gasteiger partial charge in [0.2, 0.25) is 0 Å². The number of aliphatic hydroxyl groups excluding tert-OH is 1. The summed E-state index contributed by atoms with van der Waals surface area (Å²) >= 11 is 6.08. The topological polar surface area (TPSA) is 47.3 Å². The zero-order valence-electron chi connectivity index (χ0n) is 10.1. The van der Waals surface area contributed by atoms with Crippen molar-refractivity contribution in [2.45, 2.75) is 12.6 Å². The molecule has 4 nitrogen and oxygen atoms in total. The standard InChI is InChI=1S/C13H15ClN2O2/c1-18-8-7-16-12(11(14)9-15-16)13(17)10-5-3-2-4-6-10/h2-6,9,13,17H,7-8H2,1H3. The van der Waals surface area contributed by atoms with E-state index in [-0.39, 0.29) is 0 Å². The maximum atomic E-state index is 10.4. The largest absolute Gasteiger partial charge is 0.383 e. The molecule has 0 fully saturated rings. The lowest BCUT2D eigenvalue weighted by atomic mass is 10.1. The van der Waals surface area contributed by atoms with Gasteiger partial charge in [-0.2, -0.15) is 5.10 Å². The molecule has 0 aliphatic heterocycles. The van der Waals surface area contributed by atoms with Gasteiger partial charge in [-0.15, -0.1) is 0 Å². The molecule has 1 N–H and O–H groups in total. The monoisotopic (exact) mass is 266 g/mol. The van der Waals surface area contributed by atoms with Crippen molar-refractivity contribution in [1.82, 2.24) is 9.78 Å². The lowest BCUT2D eigenvalue weighted by molar-refractivity contribution is 0.171. The van der Waals surface area contributed by atoms with Gasteiger partial charge in [-0.3, -0.25) is 4.68 Å². The Kier molecular flexibility index (Phi) is 4.36. The van der Waals surface area contributed by atoms with Crippen LogP contribution in [0.5, 0.6) is 0 Å². The highest BCUT2D eigenvalue weighted by molar-refractivity contribution is 6.31. The number of hydrogen-bond donors (Lipinski definition) is 1. The van der Waals surface area contributed by atoms with Gasteiger partial charge in [0.1, 0.15) is 6.10 Å². The number of hydrogen-bond acceptors (Lipinski definition) is 3. The molecule has 0 spiro atoms. The molecule has 2 aromatic rings. The Balaban J connectivity index is 2.29. The molecule has 0 saturated heterocycles. The zero-order chi connectivity index (χ0) is 13.0. The highest BCUT2D eigenvalue weighted by Gasteiger charge is 2.19. The summed E-state index contributed by atoms with van der Waals surface area (Å²) in [6.07, 6.45) is 0.761. The second kappa shape index (κ2) is 6.00. The minimum atomic E-state index is -0.780. The fraction of sp³-hybridized carbons (Fsp3) is 0.308. The zero-order valence-corrected chi connectivity index (χ0v) is 10.8. The first-order valence-corrected chi connectivity index (χ1v) is 6.05. The second-order valence-electron chi connectivity index (χ2n) is 3.91. The molecule has 1 atom stereocenters. The van der Waals surface area contributed by atoms with Gasteiger partial charge < -0.3 is 9.84 Å². The quantitative estimate of drug-likeness (QED) is 0.903. The highest BCUT2D eigenvalue weighted by Crippen LogP contribution is 2.27. The molecular formula is C13H15ClN2O2. The first-order valence-electron chi connectivity index (χ1n) is 5.67. The molecule has 5 heteroatoms. The van der Waals surface area contributed by atoms with E-state index in [0.29, 0.717) is 23.9 Å². The highest BCUT2D eigenvalue weighted by atomic mass is 35.5. The fourth-order valence-corrected chi connectivity index (χ4v) is 2.04. The summed E-state index contributed by atoms with van der Waals surface area (Å²) in [5.41, 5.74) is 1.39. The van der Waals surface area contributed by atoms with E-state index >= 15 is 0 Å². The number of aliphatic hydroxyl groups is 1. The average Bonchev–Trinajstić information content (AvgIpc) is 2.77. The molecule has 1 aromatic carbocycles. The van der Waals surface area contributed by atoms with Gasteiger partial charge in [-0.1, -0.05) is 41.9 Å². The number of ether oxygens (including phenoxy) is 1. The lowest BCUT2D eigenvalue weighted by Crippen LogP contribution is -2.13. The Morgan fingerprint density at radius 3 is 2.78 bits per heavy atom. The van der Waals surface area contributed by atoms with Crippen LogP contribution in [-0.4, -0.2) is 28.6 Å². The number of nitrogens with zero attached hydrogens (tertiary/aromatic N) is 2. The van der Waals surface area contributed by atoms with E-state index in [1.165, 1.54) is 0 Å². The van der Waals surface area contributed by atoms with Crippen molar-refractivity contribution in [3.05, 3.63) is 52.8 Å². The number of methoxy groups -OCH3 is 1. The smallest absolute Gasteiger partial charge is 0.122 e. The normalized spacial score (nSPS) is 12.6. The molecule has 0 radical (unpaired) electrons. The maximum absolute atomic E-state index is 10.4. The number of aromatic nitrogens is 2. The molecule has 1 unspecified atom stereocenters. The summed E-state index contributed by atoms with van der Waals surface area (Å²) in [5.74, 6) is 0. The number of halogens is 1. The predicted molar refractivity (Wildman–Crippen MR) is 69.6 cm³/mol. The third kappa shape index (κ3) is 2.72. The number of benzene rings is 1. The third-order valence-electron chi connectivity index (χ3n) is 2.71. The van der Waals surface area contributed by atoms with Gasteiger partial charge in [-0.25, -0.2) is 0 Å². The number of rotatable bonds is 5. The Labute approximate surface area is 111 Å². The SMILES string of the molecule is COCCn1ncc(Cl)c1C(O)c1ccccc1. The molecule has 0 aliphatic rings. The molecule has 0 aliphatic carbocycles. The van der Waals surface area contributed by atoms with Gasteiger partial charge >= 0.3 is 0 Å². The van der Waals surface area contributed by atoms with E-state index in [2.05, 4.69) is 5.10 Å². The van der Waals surface area contributed by atoms with Gasteiger partial charge in [0, 0.05) is 7.11 Å². The van der Waals surface area contributed by atoms with Crippen molar-refractivity contribution in [2.24, 2.45) is 0 Å². The molecule has 0 saturated carbocycles. The third-order valence-corrected chi connectivity index (χ3v) is 3.01. The lowest BCUT2D eigenvalue weighted by Gasteiger charge is -2.14. The van der Waals surface area contributed by atoms with E-state index in [4.69, 9.17) is 16.3 Å². The Morgan fingerprint density at radius 1 is 1.39 bits per heavy atom. The minimum Gasteiger partial charge on any atom is -0.383 e. The maximum Gasteiger partial charge on any atom is 0.122 e. The molecule has 0 amide bonds. The van der Waals surface area contributed by atoms with Crippen molar-refractivity contribution < 1.29 is 9.84 Å². The van der Waals surface area contributed by atoms with E-state index in [1.807, 2.05) is 30.3 Å². The van der Waals surface area contributed by atoms with E-state index in [1.54, 1.807) is 18.0 Å². The first-order chi connectivity index (χ1) is 8.74. The minimum absolute atomic E-state index is 0.461. The van der Waals surface area contributed by atoms with Gasteiger partial charge in [0.25, 0.3) is 0 Å². The fourth-order valence-electron chi connectivity index (χ4n) is 1.79. The molecule has 2 rings (SSSR count). The first kappa shape index (κ1) is 13.1. The van der Waals surface area contributed by atoms with Crippen LogP contribution in [-0.2, 0) is 11.3 Å². The van der Waals surface area contributed by atoms with E-state index in [0.717, 1.165) is 5.56 Å². The van der Waals surface area contributed by atoms with Crippen LogP contribution in [0.1, 0.15) is 17.4 Å². The second-order valence-corrected chi connectivity index (χ2v) is 4.31. The molecule has 96 valence electrons. The van der Waals surface area contributed by atoms with Crippen LogP contribution in [0.3, 0.4) is 0 Å². The Morgan fingerprint density at radius 2 is 2.11 bits per heavy atom. The van der Waals surface area contributed by atoms with Gasteiger partial charge in [0.15, 0.2) is 0 Å². The van der Waals surface area contributed by atoms with Crippen molar-refractivity contribution in [3.8, 4) is 0 Å². The average molecular weight is 267 g/mol. The summed E-state index contributed by atoms with van der Waals surface area (Å²) in [6.45, 7) is 1.08. The summed E-state index contributed by atoms with van der Waals surface area (Å²) in [7, 11) is 1.62. The van der Waals surface area contributed by atoms with Crippen LogP contribution in [0.4, 0.5) is 0 Å². The van der Waals surface area contributed by atoms with Crippen molar-refractivity contribution in [3.63, 3.8) is 0 Å². The molecular weight excluding hydrogens is 252 g/mol. The van der Waals surface area contributed by atoms with Crippen molar-refractivity contribution in [1.29, 1.82) is 0 Å². The summed E-state index contributed by atoms with van der Waals surface area (Å²) in [5, 5.41) is 15.0. The van der Waals surface area contributed by atoms with Crippen LogP contribution in [0, 0.1) is 0 Å². The summed E-state index contributed by atoms with van der Waals surface area (Å²) < 4.78 is 6.68. The van der Waals surface area contributed by atoms with Crippen LogP contribution in [0.15, 0.2) is 36.5 Å². The van der Waals surface area contributed by atoms with Crippen LogP contribution < -0.4 is 0 Å². The van der Waals surface area contributed by atoms with Gasteiger partial charge in [-0.05, 0) is 5.56 Å². The Hall–Kier alpha value is -1.36. The van der Waals surface area contributed by atoms with Crippen molar-refractivity contribution >= 4 is 11.6 Å². The van der Waals surface area contributed by atoms with Crippen LogP contribution >= 0.6 is 11.6 Å². The van der Waals surface area contributed by atoms with Crippen LogP contribution in [0.25, 0.3) is 0 Å². The molecule has 18 heavy (non-hydrogen) atoms. The van der Waals surface area contributed by atoms with E-state index in [9.17, 15) is 5.11 Å². The summed E-state index contributed by atoms with van der Waals surface area (Å²) in [6, 6.07) is 9.37. The van der Waals surface area contributed by atoms with E-state index < -0.39 is 6.10 Å². The Bertz CT molecular complexity index is 499. The molecule has 1 heterocycles. The van der Waals surface area contributed by atoms with Gasteiger partial charge in [0.05, 0.1) is 30.1 Å². The summed E-state index contributed by atoms with van der Waals surface area (Å²) in [4.78, 5) is 0.